The number of rotatable bonds is 10. The van der Waals surface area contributed by atoms with E-state index in [-0.39, 0.29) is 5.78 Å². The van der Waals surface area contributed by atoms with Crippen molar-refractivity contribution in [3.8, 4) is 11.1 Å². The van der Waals surface area contributed by atoms with Crippen LogP contribution in [0.3, 0.4) is 0 Å². The largest absolute Gasteiger partial charge is 0.309 e. The lowest BCUT2D eigenvalue weighted by atomic mass is 9.93. The van der Waals surface area contributed by atoms with Gasteiger partial charge in [-0.25, -0.2) is 0 Å². The highest BCUT2D eigenvalue weighted by Crippen LogP contribution is 2.27. The van der Waals surface area contributed by atoms with Crippen molar-refractivity contribution < 1.29 is 4.79 Å². The molecule has 0 spiro atoms. The molecule has 2 nitrogen and oxygen atoms in total. The first-order valence-corrected chi connectivity index (χ1v) is 9.42. The lowest BCUT2D eigenvalue weighted by Gasteiger charge is -2.12. The second-order valence-corrected chi connectivity index (χ2v) is 7.12. The zero-order chi connectivity index (χ0) is 18.1. The Hall–Kier alpha value is -1.93. The minimum Gasteiger partial charge on any atom is -0.309 e. The molecule has 0 radical (unpaired) electrons. The van der Waals surface area contributed by atoms with Gasteiger partial charge in [0.1, 0.15) is 0 Å². The van der Waals surface area contributed by atoms with Crippen molar-refractivity contribution in [2.24, 2.45) is 0 Å². The Morgan fingerprint density at radius 1 is 0.880 bits per heavy atom. The lowest BCUT2D eigenvalue weighted by Crippen LogP contribution is -2.12. The molecule has 0 saturated heterocycles. The van der Waals surface area contributed by atoms with Crippen molar-refractivity contribution in [2.45, 2.75) is 45.4 Å². The zero-order valence-electron chi connectivity index (χ0n) is 15.9. The molecule has 0 aliphatic rings. The maximum Gasteiger partial charge on any atom is 0.159 e. The van der Waals surface area contributed by atoms with Gasteiger partial charge in [-0.3, -0.25) is 4.79 Å². The summed E-state index contributed by atoms with van der Waals surface area (Å²) in [6, 6.07) is 16.6. The highest BCUT2D eigenvalue weighted by molar-refractivity contribution is 5.95. The number of nitrogens with zero attached hydrogens (tertiary/aromatic N) is 1. The number of carbonyl (C=O) groups is 1. The first-order chi connectivity index (χ1) is 12.1. The van der Waals surface area contributed by atoms with Gasteiger partial charge >= 0.3 is 0 Å². The van der Waals surface area contributed by atoms with E-state index in [0.717, 1.165) is 12.0 Å². The van der Waals surface area contributed by atoms with Gasteiger partial charge in [-0.2, -0.15) is 0 Å². The number of benzene rings is 2. The molecule has 2 rings (SSSR count). The molecule has 0 atom stereocenters. The van der Waals surface area contributed by atoms with Crippen molar-refractivity contribution in [3.63, 3.8) is 0 Å². The monoisotopic (exact) mass is 337 g/mol. The molecule has 0 heterocycles. The quantitative estimate of drug-likeness (QED) is 0.415. The summed E-state index contributed by atoms with van der Waals surface area (Å²) >= 11 is 0. The summed E-state index contributed by atoms with van der Waals surface area (Å²) in [6.45, 7) is 2.82. The number of hydrogen-bond acceptors (Lipinski definition) is 2. The Morgan fingerprint density at radius 3 is 2.24 bits per heavy atom. The molecule has 25 heavy (non-hydrogen) atoms. The Kier molecular flexibility index (Phi) is 7.87. The van der Waals surface area contributed by atoms with Crippen LogP contribution in [0, 0.1) is 0 Å². The van der Waals surface area contributed by atoms with Gasteiger partial charge in [0.15, 0.2) is 5.78 Å². The normalized spacial score (nSPS) is 11.0. The van der Waals surface area contributed by atoms with Crippen molar-refractivity contribution in [3.05, 3.63) is 59.7 Å². The smallest absolute Gasteiger partial charge is 0.159 e. The molecule has 0 aromatic heterocycles. The van der Waals surface area contributed by atoms with Gasteiger partial charge in [0, 0.05) is 5.56 Å². The lowest BCUT2D eigenvalue weighted by molar-refractivity contribution is 0.101. The van der Waals surface area contributed by atoms with E-state index in [1.54, 1.807) is 6.92 Å². The van der Waals surface area contributed by atoms with Crippen LogP contribution in [0.5, 0.6) is 0 Å². The fourth-order valence-corrected chi connectivity index (χ4v) is 3.17. The third kappa shape index (κ3) is 6.47. The summed E-state index contributed by atoms with van der Waals surface area (Å²) in [4.78, 5) is 14.0. The molecule has 0 amide bonds. The van der Waals surface area contributed by atoms with E-state index >= 15 is 0 Å². The maximum absolute atomic E-state index is 11.7. The van der Waals surface area contributed by atoms with Gasteiger partial charge in [0.25, 0.3) is 0 Å². The van der Waals surface area contributed by atoms with Gasteiger partial charge in [-0.15, -0.1) is 0 Å². The van der Waals surface area contributed by atoms with Crippen molar-refractivity contribution in [2.75, 3.05) is 20.6 Å². The Bertz CT molecular complexity index is 661. The van der Waals surface area contributed by atoms with E-state index in [0.29, 0.717) is 0 Å². The van der Waals surface area contributed by atoms with E-state index in [2.05, 4.69) is 55.4 Å². The van der Waals surface area contributed by atoms with Crippen LogP contribution >= 0.6 is 0 Å². The third-order valence-electron chi connectivity index (χ3n) is 4.65. The second kappa shape index (κ2) is 10.1. The maximum atomic E-state index is 11.7. The van der Waals surface area contributed by atoms with Gasteiger partial charge in [0.2, 0.25) is 0 Å². The van der Waals surface area contributed by atoms with Gasteiger partial charge < -0.3 is 4.90 Å². The van der Waals surface area contributed by atoms with Gasteiger partial charge in [-0.05, 0) is 69.6 Å². The minimum absolute atomic E-state index is 0.129. The van der Waals surface area contributed by atoms with Crippen LogP contribution in [-0.4, -0.2) is 31.3 Å². The average Bonchev–Trinajstić information content (AvgIpc) is 2.61. The average molecular weight is 338 g/mol. The fourth-order valence-electron chi connectivity index (χ4n) is 3.17. The molecule has 2 aromatic rings. The van der Waals surface area contributed by atoms with Crippen LogP contribution in [0.4, 0.5) is 0 Å². The number of unbranched alkanes of at least 4 members (excludes halogenated alkanes) is 4. The summed E-state index contributed by atoms with van der Waals surface area (Å²) in [5, 5.41) is 0. The molecule has 0 saturated carbocycles. The van der Waals surface area contributed by atoms with Gasteiger partial charge in [0.05, 0.1) is 0 Å². The van der Waals surface area contributed by atoms with Crippen LogP contribution in [0.1, 0.15) is 54.9 Å². The fraction of sp³-hybridized carbons (Fsp3) is 0.435. The Morgan fingerprint density at radius 2 is 1.56 bits per heavy atom. The molecule has 0 N–H and O–H groups in total. The summed E-state index contributed by atoms with van der Waals surface area (Å²) in [5.74, 6) is 0.129. The standard InChI is InChI=1S/C23H31NO/c1-19(25)22-16-15-21(14-8-5-4-6-11-17-24(2)3)23(18-22)20-12-9-7-10-13-20/h7,9-10,12-13,15-16,18H,4-6,8,11,14,17H2,1-3H3. The first kappa shape index (κ1) is 19.4. The zero-order valence-corrected chi connectivity index (χ0v) is 15.9. The van der Waals surface area contributed by atoms with Crippen molar-refractivity contribution >= 4 is 5.78 Å². The number of carbonyl (C=O) groups excluding carboxylic acids is 1. The molecular formula is C23H31NO. The molecule has 2 aromatic carbocycles. The van der Waals surface area contributed by atoms with Crippen LogP contribution < -0.4 is 0 Å². The molecule has 0 aliphatic carbocycles. The molecule has 134 valence electrons. The molecule has 0 unspecified atom stereocenters. The Balaban J connectivity index is 1.97. The van der Waals surface area contributed by atoms with Gasteiger partial charge in [-0.1, -0.05) is 61.7 Å². The molecule has 0 fully saturated rings. The SMILES string of the molecule is CC(=O)c1ccc(CCCCCCCN(C)C)c(-c2ccccc2)c1. The summed E-state index contributed by atoms with van der Waals surface area (Å²) in [7, 11) is 4.27. The summed E-state index contributed by atoms with van der Waals surface area (Å²) in [6.07, 6.45) is 7.47. The molecule has 0 aliphatic heterocycles. The van der Waals surface area contributed by atoms with E-state index in [1.165, 1.54) is 55.3 Å². The summed E-state index contributed by atoms with van der Waals surface area (Å²) in [5.41, 5.74) is 4.56. The predicted molar refractivity (Wildman–Crippen MR) is 107 cm³/mol. The highest BCUT2D eigenvalue weighted by Gasteiger charge is 2.08. The molecule has 0 bridgehead atoms. The molecular weight excluding hydrogens is 306 g/mol. The van der Waals surface area contributed by atoms with E-state index in [9.17, 15) is 4.79 Å². The Labute approximate surface area is 152 Å². The van der Waals surface area contributed by atoms with Crippen LogP contribution in [0.2, 0.25) is 0 Å². The van der Waals surface area contributed by atoms with Crippen LogP contribution in [-0.2, 0) is 6.42 Å². The third-order valence-corrected chi connectivity index (χ3v) is 4.65. The second-order valence-electron chi connectivity index (χ2n) is 7.12. The van der Waals surface area contributed by atoms with Crippen molar-refractivity contribution in [1.82, 2.24) is 4.90 Å². The topological polar surface area (TPSA) is 20.3 Å². The van der Waals surface area contributed by atoms with Crippen LogP contribution in [0.15, 0.2) is 48.5 Å². The van der Waals surface area contributed by atoms with E-state index in [4.69, 9.17) is 0 Å². The van der Waals surface area contributed by atoms with E-state index < -0.39 is 0 Å². The van der Waals surface area contributed by atoms with E-state index in [1.807, 2.05) is 12.1 Å². The number of hydrogen-bond donors (Lipinski definition) is 0. The highest BCUT2D eigenvalue weighted by atomic mass is 16.1. The number of ketones is 1. The van der Waals surface area contributed by atoms with Crippen molar-refractivity contribution in [1.29, 1.82) is 0 Å². The number of aryl methyl sites for hydroxylation is 1. The van der Waals surface area contributed by atoms with Crippen LogP contribution in [0.25, 0.3) is 11.1 Å². The first-order valence-electron chi connectivity index (χ1n) is 9.42. The summed E-state index contributed by atoms with van der Waals surface area (Å²) < 4.78 is 0. The minimum atomic E-state index is 0.129. The number of Topliss-reactive ketones (excluding diaryl/α,β-unsaturated/α-hetero) is 1. The predicted octanol–water partition coefficient (Wildman–Crippen LogP) is 5.61. The molecule has 2 heteroatoms.